The van der Waals surface area contributed by atoms with Crippen molar-refractivity contribution in [3.05, 3.63) is 83.4 Å². The van der Waals surface area contributed by atoms with Crippen molar-refractivity contribution in [1.29, 1.82) is 0 Å². The van der Waals surface area contributed by atoms with Crippen LogP contribution in [-0.4, -0.2) is 10.9 Å². The largest absolute Gasteiger partial charge is 0.436 e. The first-order valence-electron chi connectivity index (χ1n) is 8.78. The minimum atomic E-state index is -0.0743. The number of hydrogen-bond donors (Lipinski definition) is 1. The maximum absolute atomic E-state index is 12.3. The third kappa shape index (κ3) is 2.62. The van der Waals surface area contributed by atoms with Crippen LogP contribution in [0.2, 0.25) is 0 Å². The fourth-order valence-corrected chi connectivity index (χ4v) is 3.38. The molecule has 4 aromatic rings. The average Bonchev–Trinajstić information content (AvgIpc) is 3.25. The number of hydrogen-bond acceptors (Lipinski definition) is 3. The number of aromatic nitrogens is 1. The molecule has 1 aromatic heterocycles. The van der Waals surface area contributed by atoms with Crippen molar-refractivity contribution in [3.63, 3.8) is 0 Å². The smallest absolute Gasteiger partial charge is 0.256 e. The van der Waals surface area contributed by atoms with Gasteiger partial charge in [0.05, 0.1) is 0 Å². The van der Waals surface area contributed by atoms with Crippen LogP contribution in [0.1, 0.15) is 16.7 Å². The zero-order valence-corrected chi connectivity index (χ0v) is 14.7. The first-order valence-corrected chi connectivity index (χ1v) is 8.78. The van der Waals surface area contributed by atoms with Gasteiger partial charge in [-0.05, 0) is 48.4 Å². The molecular weight excluding hydrogens is 336 g/mol. The molecule has 1 N–H and O–H groups in total. The molecule has 130 valence electrons. The van der Waals surface area contributed by atoms with Crippen molar-refractivity contribution >= 4 is 34.3 Å². The summed E-state index contributed by atoms with van der Waals surface area (Å²) in [6.45, 7) is 2.02. The summed E-state index contributed by atoms with van der Waals surface area (Å²) in [7, 11) is 0. The van der Waals surface area contributed by atoms with Gasteiger partial charge in [-0.1, -0.05) is 42.5 Å². The number of rotatable bonds is 2. The summed E-state index contributed by atoms with van der Waals surface area (Å²) in [4.78, 5) is 16.9. The van der Waals surface area contributed by atoms with Crippen LogP contribution in [0.4, 0.5) is 5.69 Å². The molecule has 0 saturated heterocycles. The van der Waals surface area contributed by atoms with Gasteiger partial charge >= 0.3 is 0 Å². The van der Waals surface area contributed by atoms with Crippen LogP contribution >= 0.6 is 0 Å². The maximum atomic E-state index is 12.3. The standard InChI is InChI=1S/C23H16N2O2/c1-14-5-4-8-20-21(14)25-23(27-20)16-11-9-15(10-12-16)13-18-17-6-2-3-7-19(17)24-22(18)26/h2-13H,1H3,(H,24,26)/b18-13-. The van der Waals surface area contributed by atoms with Gasteiger partial charge in [0.1, 0.15) is 5.52 Å². The number of carbonyl (C=O) groups excluding carboxylic acids is 1. The molecule has 2 heterocycles. The fraction of sp³-hybridized carbons (Fsp3) is 0.0435. The predicted molar refractivity (Wildman–Crippen MR) is 107 cm³/mol. The lowest BCUT2D eigenvalue weighted by Gasteiger charge is -2.00. The molecule has 1 amide bonds. The van der Waals surface area contributed by atoms with Gasteiger partial charge in [-0.2, -0.15) is 0 Å². The third-order valence-corrected chi connectivity index (χ3v) is 4.80. The molecule has 3 aromatic carbocycles. The molecule has 4 nitrogen and oxygen atoms in total. The molecule has 0 bridgehead atoms. The van der Waals surface area contributed by atoms with Crippen LogP contribution in [0.25, 0.3) is 34.2 Å². The zero-order valence-electron chi connectivity index (χ0n) is 14.7. The summed E-state index contributed by atoms with van der Waals surface area (Å²) < 4.78 is 5.88. The quantitative estimate of drug-likeness (QED) is 0.498. The molecule has 1 aliphatic rings. The number of oxazole rings is 1. The molecule has 0 spiro atoms. The van der Waals surface area contributed by atoms with Crippen LogP contribution in [0.3, 0.4) is 0 Å². The number of carbonyl (C=O) groups is 1. The van der Waals surface area contributed by atoms with Gasteiger partial charge in [0.25, 0.3) is 5.91 Å². The lowest BCUT2D eigenvalue weighted by molar-refractivity contribution is -0.110. The molecule has 0 atom stereocenters. The maximum Gasteiger partial charge on any atom is 0.256 e. The van der Waals surface area contributed by atoms with E-state index in [9.17, 15) is 4.79 Å². The van der Waals surface area contributed by atoms with Crippen molar-refractivity contribution in [1.82, 2.24) is 4.98 Å². The van der Waals surface area contributed by atoms with Gasteiger partial charge in [0, 0.05) is 22.4 Å². The number of anilines is 1. The molecule has 0 fully saturated rings. The van der Waals surface area contributed by atoms with E-state index in [2.05, 4.69) is 10.3 Å². The van der Waals surface area contributed by atoms with Crippen LogP contribution in [0, 0.1) is 6.92 Å². The predicted octanol–water partition coefficient (Wildman–Crippen LogP) is 5.30. The van der Waals surface area contributed by atoms with E-state index in [1.807, 2.05) is 79.7 Å². The molecule has 4 heteroatoms. The Kier molecular flexibility index (Phi) is 3.44. The first kappa shape index (κ1) is 15.6. The normalized spacial score (nSPS) is 14.6. The lowest BCUT2D eigenvalue weighted by atomic mass is 10.0. The summed E-state index contributed by atoms with van der Waals surface area (Å²) in [6.07, 6.45) is 1.90. The van der Waals surface area contributed by atoms with Crippen LogP contribution in [0.15, 0.2) is 71.1 Å². The molecule has 0 radical (unpaired) electrons. The van der Waals surface area contributed by atoms with Crippen molar-refractivity contribution < 1.29 is 9.21 Å². The van der Waals surface area contributed by atoms with E-state index >= 15 is 0 Å². The lowest BCUT2D eigenvalue weighted by Crippen LogP contribution is -2.03. The Hall–Kier alpha value is -3.66. The second kappa shape index (κ2) is 5.95. The highest BCUT2D eigenvalue weighted by Crippen LogP contribution is 2.33. The second-order valence-electron chi connectivity index (χ2n) is 6.62. The van der Waals surface area contributed by atoms with Crippen molar-refractivity contribution in [2.45, 2.75) is 6.92 Å². The van der Waals surface area contributed by atoms with Gasteiger partial charge in [-0.15, -0.1) is 0 Å². The van der Waals surface area contributed by atoms with Gasteiger partial charge in [0.2, 0.25) is 5.89 Å². The average molecular weight is 352 g/mol. The van der Waals surface area contributed by atoms with Crippen LogP contribution < -0.4 is 5.32 Å². The number of fused-ring (bicyclic) bond motifs is 2. The summed E-state index contributed by atoms with van der Waals surface area (Å²) >= 11 is 0. The van der Waals surface area contributed by atoms with Crippen molar-refractivity contribution in [2.24, 2.45) is 0 Å². The highest BCUT2D eigenvalue weighted by atomic mass is 16.3. The van der Waals surface area contributed by atoms with E-state index < -0.39 is 0 Å². The fourth-order valence-electron chi connectivity index (χ4n) is 3.38. The minimum absolute atomic E-state index is 0.0743. The van der Waals surface area contributed by atoms with Crippen molar-refractivity contribution in [3.8, 4) is 11.5 Å². The van der Waals surface area contributed by atoms with Gasteiger partial charge in [0.15, 0.2) is 5.58 Å². The molecule has 5 rings (SSSR count). The minimum Gasteiger partial charge on any atom is -0.436 e. The topological polar surface area (TPSA) is 55.1 Å². The molecule has 27 heavy (non-hydrogen) atoms. The van der Waals surface area contributed by atoms with Crippen LogP contribution in [-0.2, 0) is 4.79 Å². The number of benzene rings is 3. The summed E-state index contributed by atoms with van der Waals surface area (Å²) in [5.41, 5.74) is 7.09. The molecule has 1 aliphatic heterocycles. The molecule has 0 aliphatic carbocycles. The highest BCUT2D eigenvalue weighted by Gasteiger charge is 2.23. The summed E-state index contributed by atoms with van der Waals surface area (Å²) in [6, 6.07) is 21.5. The number of nitrogens with zero attached hydrogens (tertiary/aromatic N) is 1. The Morgan fingerprint density at radius 1 is 0.963 bits per heavy atom. The van der Waals surface area contributed by atoms with Gasteiger partial charge in [-0.3, -0.25) is 4.79 Å². The van der Waals surface area contributed by atoms with E-state index in [1.54, 1.807) is 0 Å². The molecular formula is C23H16N2O2. The third-order valence-electron chi connectivity index (χ3n) is 4.80. The Morgan fingerprint density at radius 2 is 1.78 bits per heavy atom. The highest BCUT2D eigenvalue weighted by molar-refractivity contribution is 6.34. The number of para-hydroxylation sites is 2. The number of aryl methyl sites for hydroxylation is 1. The first-order chi connectivity index (χ1) is 13.2. The molecule has 0 saturated carbocycles. The van der Waals surface area contributed by atoms with E-state index in [4.69, 9.17) is 4.42 Å². The Morgan fingerprint density at radius 3 is 2.59 bits per heavy atom. The molecule has 0 unspecified atom stereocenters. The number of amides is 1. The second-order valence-corrected chi connectivity index (χ2v) is 6.62. The van der Waals surface area contributed by atoms with E-state index in [0.29, 0.717) is 11.5 Å². The SMILES string of the molecule is Cc1cccc2oc(-c3ccc(/C=C4\C(=O)Nc5ccccc54)cc3)nc12. The summed E-state index contributed by atoms with van der Waals surface area (Å²) in [5, 5.41) is 2.89. The van der Waals surface area contributed by atoms with Gasteiger partial charge in [-0.25, -0.2) is 4.98 Å². The van der Waals surface area contributed by atoms with E-state index in [1.165, 1.54) is 0 Å². The number of nitrogens with one attached hydrogen (secondary N) is 1. The summed E-state index contributed by atoms with van der Waals surface area (Å²) in [5.74, 6) is 0.525. The van der Waals surface area contributed by atoms with Crippen LogP contribution in [0.5, 0.6) is 0 Å². The van der Waals surface area contributed by atoms with E-state index in [0.717, 1.165) is 39.0 Å². The Bertz CT molecular complexity index is 1220. The van der Waals surface area contributed by atoms with E-state index in [-0.39, 0.29) is 5.91 Å². The van der Waals surface area contributed by atoms with Gasteiger partial charge < -0.3 is 9.73 Å². The van der Waals surface area contributed by atoms with Crippen molar-refractivity contribution in [2.75, 3.05) is 5.32 Å². The monoisotopic (exact) mass is 352 g/mol. The Balaban J connectivity index is 1.50. The zero-order chi connectivity index (χ0) is 18.4. The Labute approximate surface area is 156 Å².